The molecule has 0 saturated carbocycles. The summed E-state index contributed by atoms with van der Waals surface area (Å²) < 4.78 is 5.15. The van der Waals surface area contributed by atoms with Gasteiger partial charge in [-0.05, 0) is 31.4 Å². The minimum Gasteiger partial charge on any atom is -0.452 e. The number of carbonyl (C=O) groups excluding carboxylic acids is 2. The second-order valence-corrected chi connectivity index (χ2v) is 5.25. The highest BCUT2D eigenvalue weighted by atomic mass is 16.5. The first-order valence-corrected chi connectivity index (χ1v) is 7.40. The number of aromatic nitrogens is 2. The van der Waals surface area contributed by atoms with Crippen molar-refractivity contribution in [2.75, 3.05) is 19.7 Å². The molecule has 1 aliphatic rings. The van der Waals surface area contributed by atoms with E-state index in [9.17, 15) is 9.59 Å². The van der Waals surface area contributed by atoms with Crippen LogP contribution in [-0.4, -0.2) is 46.4 Å². The number of carbonyl (C=O) groups is 2. The molecule has 6 heteroatoms. The number of benzene rings is 1. The van der Waals surface area contributed by atoms with Gasteiger partial charge in [-0.2, -0.15) is 0 Å². The zero-order chi connectivity index (χ0) is 15.4. The maximum Gasteiger partial charge on any atom is 0.340 e. The van der Waals surface area contributed by atoms with Crippen LogP contribution < -0.4 is 0 Å². The number of hydrogen-bond acceptors (Lipinski definition) is 5. The number of esters is 1. The number of nitrogens with zero attached hydrogens (tertiary/aromatic N) is 3. The molecule has 0 N–H and O–H groups in total. The molecule has 6 nitrogen and oxygen atoms in total. The predicted molar refractivity (Wildman–Crippen MR) is 80.3 cm³/mol. The number of rotatable bonds is 3. The van der Waals surface area contributed by atoms with Gasteiger partial charge in [-0.1, -0.05) is 6.07 Å². The summed E-state index contributed by atoms with van der Waals surface area (Å²) in [6, 6.07) is 5.13. The molecule has 0 spiro atoms. The Hall–Kier alpha value is -2.50. The van der Waals surface area contributed by atoms with E-state index in [4.69, 9.17) is 4.74 Å². The highest BCUT2D eigenvalue weighted by Crippen LogP contribution is 2.15. The molecule has 1 aromatic carbocycles. The van der Waals surface area contributed by atoms with Crippen LogP contribution in [0.25, 0.3) is 11.0 Å². The SMILES string of the molecule is O=C(OCC(=O)N1CCCCC1)c1cccc2nccnc12. The summed E-state index contributed by atoms with van der Waals surface area (Å²) in [5.74, 6) is -0.684. The van der Waals surface area contributed by atoms with Crippen molar-refractivity contribution < 1.29 is 14.3 Å². The molecular formula is C16H17N3O3. The molecule has 3 rings (SSSR count). The number of hydrogen-bond donors (Lipinski definition) is 0. The Morgan fingerprint density at radius 2 is 1.86 bits per heavy atom. The van der Waals surface area contributed by atoms with Crippen LogP contribution in [0.1, 0.15) is 29.6 Å². The van der Waals surface area contributed by atoms with E-state index in [2.05, 4.69) is 9.97 Å². The van der Waals surface area contributed by atoms with Crippen LogP contribution >= 0.6 is 0 Å². The Kier molecular flexibility index (Phi) is 4.27. The van der Waals surface area contributed by atoms with Gasteiger partial charge in [0.1, 0.15) is 5.52 Å². The maximum atomic E-state index is 12.2. The fraction of sp³-hybridized carbons (Fsp3) is 0.375. The molecule has 1 fully saturated rings. The summed E-state index contributed by atoms with van der Waals surface area (Å²) in [5.41, 5.74) is 1.44. The lowest BCUT2D eigenvalue weighted by Crippen LogP contribution is -2.38. The molecule has 1 saturated heterocycles. The van der Waals surface area contributed by atoms with Crippen LogP contribution in [0.5, 0.6) is 0 Å². The minimum atomic E-state index is -0.545. The van der Waals surface area contributed by atoms with Gasteiger partial charge in [0.2, 0.25) is 0 Å². The van der Waals surface area contributed by atoms with Gasteiger partial charge in [-0.25, -0.2) is 4.79 Å². The third kappa shape index (κ3) is 3.05. The first-order chi connectivity index (χ1) is 10.8. The molecule has 0 radical (unpaired) electrons. The van der Waals surface area contributed by atoms with Crippen molar-refractivity contribution in [3.05, 3.63) is 36.2 Å². The summed E-state index contributed by atoms with van der Waals surface area (Å²) in [7, 11) is 0. The summed E-state index contributed by atoms with van der Waals surface area (Å²) in [5, 5.41) is 0. The average Bonchev–Trinajstić information content (AvgIpc) is 2.59. The molecule has 0 unspecified atom stereocenters. The quantitative estimate of drug-likeness (QED) is 0.808. The largest absolute Gasteiger partial charge is 0.452 e. The van der Waals surface area contributed by atoms with Crippen LogP contribution in [-0.2, 0) is 9.53 Å². The van der Waals surface area contributed by atoms with Crippen LogP contribution in [0.3, 0.4) is 0 Å². The summed E-state index contributed by atoms with van der Waals surface area (Å²) in [6.45, 7) is 1.27. The van der Waals surface area contributed by atoms with Crippen molar-refractivity contribution in [2.45, 2.75) is 19.3 Å². The Labute approximate surface area is 128 Å². The molecular weight excluding hydrogens is 282 g/mol. The van der Waals surface area contributed by atoms with Crippen LogP contribution in [0.15, 0.2) is 30.6 Å². The second kappa shape index (κ2) is 6.51. The standard InChI is InChI=1S/C16H17N3O3/c20-14(19-9-2-1-3-10-19)11-22-16(21)12-5-4-6-13-15(12)18-8-7-17-13/h4-8H,1-3,9-11H2. The monoisotopic (exact) mass is 299 g/mol. The smallest absolute Gasteiger partial charge is 0.340 e. The molecule has 1 aliphatic heterocycles. The molecule has 2 heterocycles. The number of piperidine rings is 1. The van der Waals surface area contributed by atoms with Gasteiger partial charge in [0, 0.05) is 25.5 Å². The van der Waals surface area contributed by atoms with E-state index in [1.807, 2.05) is 0 Å². The molecule has 22 heavy (non-hydrogen) atoms. The van der Waals surface area contributed by atoms with Gasteiger partial charge < -0.3 is 9.64 Å². The number of amides is 1. The first-order valence-electron chi connectivity index (χ1n) is 7.40. The molecule has 1 aromatic heterocycles. The van der Waals surface area contributed by atoms with Gasteiger partial charge in [-0.15, -0.1) is 0 Å². The molecule has 2 aromatic rings. The van der Waals surface area contributed by atoms with Crippen LogP contribution in [0, 0.1) is 0 Å². The molecule has 1 amide bonds. The molecule has 0 aliphatic carbocycles. The van der Waals surface area contributed by atoms with Crippen molar-refractivity contribution in [1.29, 1.82) is 0 Å². The Morgan fingerprint density at radius 1 is 1.09 bits per heavy atom. The van der Waals surface area contributed by atoms with Crippen molar-refractivity contribution in [3.8, 4) is 0 Å². The number of likely N-dealkylation sites (tertiary alicyclic amines) is 1. The van der Waals surface area contributed by atoms with Gasteiger partial charge in [0.05, 0.1) is 11.1 Å². The van der Waals surface area contributed by atoms with Crippen molar-refractivity contribution in [2.24, 2.45) is 0 Å². The van der Waals surface area contributed by atoms with Gasteiger partial charge in [0.15, 0.2) is 6.61 Å². The summed E-state index contributed by atoms with van der Waals surface area (Å²) in [4.78, 5) is 34.3. The van der Waals surface area contributed by atoms with E-state index in [1.165, 1.54) is 6.20 Å². The highest BCUT2D eigenvalue weighted by Gasteiger charge is 2.19. The Morgan fingerprint density at radius 3 is 2.68 bits per heavy atom. The lowest BCUT2D eigenvalue weighted by molar-refractivity contribution is -0.135. The van der Waals surface area contributed by atoms with E-state index in [1.54, 1.807) is 29.3 Å². The van der Waals surface area contributed by atoms with E-state index in [0.29, 0.717) is 16.6 Å². The van der Waals surface area contributed by atoms with E-state index in [0.717, 1.165) is 32.4 Å². The second-order valence-electron chi connectivity index (χ2n) is 5.25. The van der Waals surface area contributed by atoms with Gasteiger partial charge in [0.25, 0.3) is 5.91 Å². The van der Waals surface area contributed by atoms with Crippen molar-refractivity contribution >= 4 is 22.9 Å². The van der Waals surface area contributed by atoms with Gasteiger partial charge >= 0.3 is 5.97 Å². The number of fused-ring (bicyclic) bond motifs is 1. The first kappa shape index (κ1) is 14.4. The highest BCUT2D eigenvalue weighted by molar-refractivity contribution is 6.02. The molecule has 0 atom stereocenters. The number of ether oxygens (including phenoxy) is 1. The maximum absolute atomic E-state index is 12.2. The fourth-order valence-electron chi connectivity index (χ4n) is 2.60. The predicted octanol–water partition coefficient (Wildman–Crippen LogP) is 1.80. The third-order valence-electron chi connectivity index (χ3n) is 3.75. The van der Waals surface area contributed by atoms with Crippen LogP contribution in [0.4, 0.5) is 0 Å². The number of para-hydroxylation sites is 1. The lowest BCUT2D eigenvalue weighted by Gasteiger charge is -2.26. The summed E-state index contributed by atoms with van der Waals surface area (Å²) in [6.07, 6.45) is 6.27. The zero-order valence-electron chi connectivity index (χ0n) is 12.2. The zero-order valence-corrected chi connectivity index (χ0v) is 12.2. The van der Waals surface area contributed by atoms with Gasteiger partial charge in [-0.3, -0.25) is 14.8 Å². The Balaban J connectivity index is 1.67. The lowest BCUT2D eigenvalue weighted by atomic mass is 10.1. The molecule has 0 bridgehead atoms. The summed E-state index contributed by atoms with van der Waals surface area (Å²) >= 11 is 0. The van der Waals surface area contributed by atoms with E-state index in [-0.39, 0.29) is 12.5 Å². The van der Waals surface area contributed by atoms with E-state index < -0.39 is 5.97 Å². The topological polar surface area (TPSA) is 72.4 Å². The van der Waals surface area contributed by atoms with Crippen molar-refractivity contribution in [1.82, 2.24) is 14.9 Å². The fourth-order valence-corrected chi connectivity index (χ4v) is 2.60. The Bertz CT molecular complexity index is 691. The molecule has 114 valence electrons. The van der Waals surface area contributed by atoms with E-state index >= 15 is 0 Å². The minimum absolute atomic E-state index is 0.139. The third-order valence-corrected chi connectivity index (χ3v) is 3.75. The van der Waals surface area contributed by atoms with Crippen LogP contribution in [0.2, 0.25) is 0 Å². The average molecular weight is 299 g/mol. The van der Waals surface area contributed by atoms with Crippen molar-refractivity contribution in [3.63, 3.8) is 0 Å². The normalized spacial score (nSPS) is 14.8.